The predicted octanol–water partition coefficient (Wildman–Crippen LogP) is 2.65. The molecule has 5 nitrogen and oxygen atoms in total. The summed E-state index contributed by atoms with van der Waals surface area (Å²) in [7, 11) is 2.85. The van der Waals surface area contributed by atoms with E-state index in [1.807, 2.05) is 19.1 Å². The summed E-state index contributed by atoms with van der Waals surface area (Å²) in [6.45, 7) is 1.95. The highest BCUT2D eigenvalue weighted by molar-refractivity contribution is 5.97. The Labute approximate surface area is 135 Å². The van der Waals surface area contributed by atoms with Crippen molar-refractivity contribution in [3.8, 4) is 5.75 Å². The Morgan fingerprint density at radius 1 is 0.957 bits per heavy atom. The molecule has 0 aliphatic carbocycles. The number of rotatable bonds is 5. The fourth-order valence-electron chi connectivity index (χ4n) is 2.11. The van der Waals surface area contributed by atoms with Crippen LogP contribution in [-0.2, 0) is 9.53 Å². The molecule has 2 aromatic rings. The van der Waals surface area contributed by atoms with Crippen LogP contribution in [0.1, 0.15) is 27.5 Å². The number of amides is 1. The summed E-state index contributed by atoms with van der Waals surface area (Å²) in [5.41, 5.74) is 2.18. The maximum Gasteiger partial charge on any atom is 0.333 e. The van der Waals surface area contributed by atoms with Crippen molar-refractivity contribution in [2.75, 3.05) is 14.2 Å². The van der Waals surface area contributed by atoms with Crippen LogP contribution in [0.25, 0.3) is 0 Å². The molecule has 0 unspecified atom stereocenters. The predicted molar refractivity (Wildman–Crippen MR) is 86.4 cm³/mol. The zero-order valence-corrected chi connectivity index (χ0v) is 13.3. The summed E-state index contributed by atoms with van der Waals surface area (Å²) in [5, 5.41) is 2.70. The van der Waals surface area contributed by atoms with E-state index < -0.39 is 12.0 Å². The molecule has 0 radical (unpaired) electrons. The Balaban J connectivity index is 2.21. The van der Waals surface area contributed by atoms with Gasteiger partial charge in [0.25, 0.3) is 5.91 Å². The minimum atomic E-state index is -0.852. The van der Waals surface area contributed by atoms with Crippen LogP contribution in [0.15, 0.2) is 48.5 Å². The minimum absolute atomic E-state index is 0.358. The first-order chi connectivity index (χ1) is 11.0. The molecule has 0 saturated carbocycles. The molecule has 1 amide bonds. The lowest BCUT2D eigenvalue weighted by Gasteiger charge is -2.17. The highest BCUT2D eigenvalue weighted by Crippen LogP contribution is 2.17. The monoisotopic (exact) mass is 313 g/mol. The number of methoxy groups -OCH3 is 2. The summed E-state index contributed by atoms with van der Waals surface area (Å²) in [4.78, 5) is 24.4. The summed E-state index contributed by atoms with van der Waals surface area (Å²) in [6, 6.07) is 13.2. The molecule has 0 bridgehead atoms. The van der Waals surface area contributed by atoms with Crippen LogP contribution in [0.3, 0.4) is 0 Å². The lowest BCUT2D eigenvalue weighted by Crippen LogP contribution is -2.34. The molecule has 1 N–H and O–H groups in total. The highest BCUT2D eigenvalue weighted by atomic mass is 16.5. The molecule has 0 aliphatic heterocycles. The molecular formula is C18H19NO4. The van der Waals surface area contributed by atoms with E-state index in [4.69, 9.17) is 9.47 Å². The average molecular weight is 313 g/mol. The van der Waals surface area contributed by atoms with Gasteiger partial charge in [0.2, 0.25) is 0 Å². The van der Waals surface area contributed by atoms with Crippen molar-refractivity contribution in [1.82, 2.24) is 5.32 Å². The molecule has 0 aliphatic rings. The molecule has 2 rings (SSSR count). The lowest BCUT2D eigenvalue weighted by molar-refractivity contribution is -0.143. The van der Waals surface area contributed by atoms with Crippen molar-refractivity contribution in [3.63, 3.8) is 0 Å². The molecule has 0 spiro atoms. The Morgan fingerprint density at radius 2 is 1.57 bits per heavy atom. The number of hydrogen-bond donors (Lipinski definition) is 1. The van der Waals surface area contributed by atoms with Gasteiger partial charge in [0.1, 0.15) is 5.75 Å². The van der Waals surface area contributed by atoms with E-state index in [9.17, 15) is 9.59 Å². The number of carbonyl (C=O) groups excluding carboxylic acids is 2. The number of carbonyl (C=O) groups is 2. The third-order valence-electron chi connectivity index (χ3n) is 3.48. The number of esters is 1. The van der Waals surface area contributed by atoms with Crippen molar-refractivity contribution in [2.24, 2.45) is 0 Å². The summed E-state index contributed by atoms with van der Waals surface area (Å²) in [6.07, 6.45) is 0. The van der Waals surface area contributed by atoms with Crippen LogP contribution < -0.4 is 10.1 Å². The van der Waals surface area contributed by atoms with Gasteiger partial charge in [0, 0.05) is 5.56 Å². The fourth-order valence-corrected chi connectivity index (χ4v) is 2.11. The number of nitrogens with one attached hydrogen (secondary N) is 1. The Bertz CT molecular complexity index is 677. The van der Waals surface area contributed by atoms with Crippen molar-refractivity contribution in [2.45, 2.75) is 13.0 Å². The number of ether oxygens (including phenoxy) is 2. The van der Waals surface area contributed by atoms with Gasteiger partial charge in [0.05, 0.1) is 14.2 Å². The van der Waals surface area contributed by atoms with Crippen molar-refractivity contribution < 1.29 is 19.1 Å². The normalized spacial score (nSPS) is 11.4. The molecule has 23 heavy (non-hydrogen) atoms. The first kappa shape index (κ1) is 16.5. The van der Waals surface area contributed by atoms with E-state index in [1.165, 1.54) is 7.11 Å². The first-order valence-corrected chi connectivity index (χ1v) is 7.14. The zero-order chi connectivity index (χ0) is 16.8. The molecule has 1 atom stereocenters. The van der Waals surface area contributed by atoms with Crippen LogP contribution in [0.2, 0.25) is 0 Å². The molecule has 0 heterocycles. The lowest BCUT2D eigenvalue weighted by atomic mass is 10.0. The number of hydrogen-bond acceptors (Lipinski definition) is 4. The van der Waals surface area contributed by atoms with Crippen molar-refractivity contribution >= 4 is 11.9 Å². The van der Waals surface area contributed by atoms with Crippen molar-refractivity contribution in [3.05, 3.63) is 65.2 Å². The van der Waals surface area contributed by atoms with Gasteiger partial charge in [0.15, 0.2) is 6.04 Å². The van der Waals surface area contributed by atoms with Gasteiger partial charge >= 0.3 is 5.97 Å². The van der Waals surface area contributed by atoms with Gasteiger partial charge in [-0.15, -0.1) is 0 Å². The van der Waals surface area contributed by atoms with Crippen LogP contribution in [0.4, 0.5) is 0 Å². The fraction of sp³-hybridized carbons (Fsp3) is 0.222. The third-order valence-corrected chi connectivity index (χ3v) is 3.48. The highest BCUT2D eigenvalue weighted by Gasteiger charge is 2.24. The Hall–Kier alpha value is -2.82. The molecule has 5 heteroatoms. The minimum Gasteiger partial charge on any atom is -0.497 e. The second-order valence-electron chi connectivity index (χ2n) is 5.07. The number of aryl methyl sites for hydroxylation is 1. The maximum atomic E-state index is 12.4. The molecule has 120 valence electrons. The van der Waals surface area contributed by atoms with E-state index in [0.717, 1.165) is 5.56 Å². The molecule has 0 aromatic heterocycles. The molecule has 2 aromatic carbocycles. The van der Waals surface area contributed by atoms with E-state index >= 15 is 0 Å². The Kier molecular flexibility index (Phi) is 5.36. The zero-order valence-electron chi connectivity index (χ0n) is 13.3. The summed E-state index contributed by atoms with van der Waals surface area (Å²) < 4.78 is 9.86. The van der Waals surface area contributed by atoms with Crippen LogP contribution in [0.5, 0.6) is 5.75 Å². The van der Waals surface area contributed by atoms with E-state index in [2.05, 4.69) is 5.32 Å². The maximum absolute atomic E-state index is 12.4. The first-order valence-electron chi connectivity index (χ1n) is 7.14. The summed E-state index contributed by atoms with van der Waals surface area (Å²) in [5.74, 6) is -0.219. The third kappa shape index (κ3) is 4.10. The second-order valence-corrected chi connectivity index (χ2v) is 5.07. The van der Waals surface area contributed by atoms with Crippen molar-refractivity contribution in [1.29, 1.82) is 0 Å². The van der Waals surface area contributed by atoms with Gasteiger partial charge in [-0.1, -0.05) is 29.8 Å². The largest absolute Gasteiger partial charge is 0.497 e. The van der Waals surface area contributed by atoms with Gasteiger partial charge < -0.3 is 14.8 Å². The number of benzene rings is 2. The molecular weight excluding hydrogens is 294 g/mol. The summed E-state index contributed by atoms with van der Waals surface area (Å²) >= 11 is 0. The SMILES string of the molecule is COC(=O)[C@H](NC(=O)c1ccc(OC)cc1)c1ccc(C)cc1. The van der Waals surface area contributed by atoms with E-state index in [1.54, 1.807) is 43.5 Å². The van der Waals surface area contributed by atoms with Crippen LogP contribution in [0, 0.1) is 6.92 Å². The van der Waals surface area contributed by atoms with Crippen LogP contribution >= 0.6 is 0 Å². The van der Waals surface area contributed by atoms with E-state index in [0.29, 0.717) is 16.9 Å². The van der Waals surface area contributed by atoms with Gasteiger partial charge in [-0.2, -0.15) is 0 Å². The van der Waals surface area contributed by atoms with Gasteiger partial charge in [-0.25, -0.2) is 4.79 Å². The quantitative estimate of drug-likeness (QED) is 0.862. The standard InChI is InChI=1S/C18H19NO4/c1-12-4-6-13(7-5-12)16(18(21)23-3)19-17(20)14-8-10-15(22-2)11-9-14/h4-11,16H,1-3H3,(H,19,20)/t16-/m1/s1. The van der Waals surface area contributed by atoms with Gasteiger partial charge in [-0.3, -0.25) is 4.79 Å². The smallest absolute Gasteiger partial charge is 0.333 e. The Morgan fingerprint density at radius 3 is 2.09 bits per heavy atom. The van der Waals surface area contributed by atoms with E-state index in [-0.39, 0.29) is 5.91 Å². The molecule has 0 saturated heterocycles. The average Bonchev–Trinajstić information content (AvgIpc) is 2.59. The molecule has 0 fully saturated rings. The topological polar surface area (TPSA) is 64.6 Å². The van der Waals surface area contributed by atoms with Gasteiger partial charge in [-0.05, 0) is 36.8 Å². The second kappa shape index (κ2) is 7.45. The van der Waals surface area contributed by atoms with Crippen LogP contribution in [-0.4, -0.2) is 26.1 Å².